The van der Waals surface area contributed by atoms with Gasteiger partial charge in [0.25, 0.3) is 5.91 Å². The number of carbonyl (C=O) groups excluding carboxylic acids is 1. The van der Waals surface area contributed by atoms with Gasteiger partial charge in [-0.1, -0.05) is 0 Å². The number of hydroxylamine groups is 1. The van der Waals surface area contributed by atoms with Crippen LogP contribution in [0, 0.1) is 5.82 Å². The maximum atomic E-state index is 12.7. The van der Waals surface area contributed by atoms with Crippen LogP contribution in [0.4, 0.5) is 4.39 Å². The van der Waals surface area contributed by atoms with E-state index in [2.05, 4.69) is 12.6 Å². The molecular formula is C9H11FN2O4S2. The summed E-state index contributed by atoms with van der Waals surface area (Å²) in [6, 6.07) is 2.86. The molecule has 1 aromatic rings. The van der Waals surface area contributed by atoms with E-state index in [0.717, 1.165) is 24.3 Å². The third-order valence-electron chi connectivity index (χ3n) is 2.03. The highest BCUT2D eigenvalue weighted by Gasteiger charge is 2.24. The summed E-state index contributed by atoms with van der Waals surface area (Å²) >= 11 is 3.79. The van der Waals surface area contributed by atoms with Gasteiger partial charge in [0.05, 0.1) is 4.90 Å². The molecule has 1 unspecified atom stereocenters. The Morgan fingerprint density at radius 1 is 1.39 bits per heavy atom. The molecule has 0 radical (unpaired) electrons. The summed E-state index contributed by atoms with van der Waals surface area (Å²) in [7, 11) is -3.98. The molecule has 6 nitrogen and oxygen atoms in total. The van der Waals surface area contributed by atoms with Crippen molar-refractivity contribution in [2.45, 2.75) is 10.9 Å². The lowest BCUT2D eigenvalue weighted by molar-refractivity contribution is -0.130. The monoisotopic (exact) mass is 294 g/mol. The Balaban J connectivity index is 2.94. The first-order valence-electron chi connectivity index (χ1n) is 4.73. The largest absolute Gasteiger partial charge is 0.289 e. The van der Waals surface area contributed by atoms with Crippen LogP contribution < -0.4 is 10.2 Å². The molecule has 1 atom stereocenters. The molecule has 18 heavy (non-hydrogen) atoms. The van der Waals surface area contributed by atoms with E-state index in [4.69, 9.17) is 5.21 Å². The summed E-state index contributed by atoms with van der Waals surface area (Å²) in [6.07, 6.45) is 0. The highest BCUT2D eigenvalue weighted by atomic mass is 32.2. The van der Waals surface area contributed by atoms with Crippen LogP contribution in [0.25, 0.3) is 0 Å². The maximum Gasteiger partial charge on any atom is 0.262 e. The third-order valence-corrected chi connectivity index (χ3v) is 3.88. The van der Waals surface area contributed by atoms with Crippen LogP contribution in [0.5, 0.6) is 0 Å². The number of halogens is 1. The van der Waals surface area contributed by atoms with Gasteiger partial charge in [-0.2, -0.15) is 17.4 Å². The molecule has 100 valence electrons. The van der Waals surface area contributed by atoms with Crippen LogP contribution in [0.2, 0.25) is 0 Å². The molecule has 3 N–H and O–H groups in total. The van der Waals surface area contributed by atoms with Gasteiger partial charge in [0.15, 0.2) is 0 Å². The van der Waals surface area contributed by atoms with Crippen molar-refractivity contribution in [1.29, 1.82) is 0 Å². The fourth-order valence-corrected chi connectivity index (χ4v) is 2.70. The fraction of sp³-hybridized carbons (Fsp3) is 0.222. The molecule has 0 aliphatic carbocycles. The Morgan fingerprint density at radius 2 is 1.94 bits per heavy atom. The van der Waals surface area contributed by atoms with E-state index in [9.17, 15) is 17.6 Å². The van der Waals surface area contributed by atoms with Crippen LogP contribution in [0.3, 0.4) is 0 Å². The molecule has 1 aromatic carbocycles. The summed E-state index contributed by atoms with van der Waals surface area (Å²) in [5, 5.41) is 8.42. The minimum Gasteiger partial charge on any atom is -0.289 e. The Hall–Kier alpha value is -1.16. The molecule has 0 bridgehead atoms. The molecule has 0 fully saturated rings. The van der Waals surface area contributed by atoms with Gasteiger partial charge in [-0.25, -0.2) is 18.3 Å². The Bertz CT molecular complexity index is 518. The summed E-state index contributed by atoms with van der Waals surface area (Å²) in [5.41, 5.74) is 1.32. The molecule has 1 amide bonds. The zero-order valence-corrected chi connectivity index (χ0v) is 10.7. The van der Waals surface area contributed by atoms with Crippen molar-refractivity contribution >= 4 is 28.6 Å². The third kappa shape index (κ3) is 3.67. The van der Waals surface area contributed by atoms with E-state index >= 15 is 0 Å². The van der Waals surface area contributed by atoms with Crippen molar-refractivity contribution in [3.8, 4) is 0 Å². The number of hydrogen-bond acceptors (Lipinski definition) is 5. The van der Waals surface area contributed by atoms with E-state index in [1.165, 1.54) is 5.48 Å². The van der Waals surface area contributed by atoms with Crippen molar-refractivity contribution in [2.75, 3.05) is 5.75 Å². The molecule has 1 rings (SSSR count). The lowest BCUT2D eigenvalue weighted by Crippen LogP contribution is -2.46. The normalized spacial score (nSPS) is 13.1. The van der Waals surface area contributed by atoms with E-state index in [1.54, 1.807) is 0 Å². The smallest absolute Gasteiger partial charge is 0.262 e. The highest BCUT2D eigenvalue weighted by Crippen LogP contribution is 2.10. The van der Waals surface area contributed by atoms with E-state index in [-0.39, 0.29) is 10.6 Å². The molecule has 0 heterocycles. The zero-order valence-electron chi connectivity index (χ0n) is 9.00. The topological polar surface area (TPSA) is 95.5 Å². The maximum absolute atomic E-state index is 12.7. The quantitative estimate of drug-likeness (QED) is 0.347. The van der Waals surface area contributed by atoms with E-state index < -0.39 is 27.8 Å². The average molecular weight is 294 g/mol. The van der Waals surface area contributed by atoms with Crippen molar-refractivity contribution in [3.05, 3.63) is 30.1 Å². The second kappa shape index (κ2) is 6.14. The molecule has 0 spiro atoms. The number of sulfonamides is 1. The summed E-state index contributed by atoms with van der Waals surface area (Å²) in [4.78, 5) is 10.9. The molecule has 0 aliphatic rings. The second-order valence-corrected chi connectivity index (χ2v) is 5.37. The van der Waals surface area contributed by atoms with Crippen LogP contribution in [0.15, 0.2) is 29.2 Å². The van der Waals surface area contributed by atoms with E-state index in [1.807, 2.05) is 4.72 Å². The molecule has 9 heteroatoms. The first kappa shape index (κ1) is 14.9. The van der Waals surface area contributed by atoms with E-state index in [0.29, 0.717) is 0 Å². The Morgan fingerprint density at radius 3 is 2.39 bits per heavy atom. The van der Waals surface area contributed by atoms with Gasteiger partial charge in [-0.15, -0.1) is 0 Å². The molecule has 0 saturated carbocycles. The van der Waals surface area contributed by atoms with Crippen LogP contribution in [0.1, 0.15) is 0 Å². The first-order chi connectivity index (χ1) is 8.40. The lowest BCUT2D eigenvalue weighted by Gasteiger charge is -2.14. The minimum atomic E-state index is -3.98. The Labute approximate surface area is 109 Å². The van der Waals surface area contributed by atoms with Crippen LogP contribution in [-0.4, -0.2) is 31.3 Å². The first-order valence-corrected chi connectivity index (χ1v) is 6.85. The SMILES string of the molecule is O=C(NO)C(CS)NS(=O)(=O)c1ccc(F)cc1. The van der Waals surface area contributed by atoms with Gasteiger partial charge in [0.2, 0.25) is 10.0 Å². The van der Waals surface area contributed by atoms with Crippen LogP contribution >= 0.6 is 12.6 Å². The lowest BCUT2D eigenvalue weighted by atomic mass is 10.3. The number of hydrogen-bond donors (Lipinski definition) is 4. The highest BCUT2D eigenvalue weighted by molar-refractivity contribution is 7.89. The Kier molecular flexibility index (Phi) is 5.08. The van der Waals surface area contributed by atoms with Gasteiger partial charge < -0.3 is 0 Å². The van der Waals surface area contributed by atoms with Crippen molar-refractivity contribution < 1.29 is 22.8 Å². The number of thiol groups is 1. The molecule has 0 aromatic heterocycles. The molecule has 0 aliphatic heterocycles. The van der Waals surface area contributed by atoms with Gasteiger partial charge in [0.1, 0.15) is 11.9 Å². The predicted octanol–water partition coefficient (Wildman–Crippen LogP) is -0.0922. The second-order valence-electron chi connectivity index (χ2n) is 3.29. The van der Waals surface area contributed by atoms with Gasteiger partial charge in [-0.3, -0.25) is 10.0 Å². The summed E-state index contributed by atoms with van der Waals surface area (Å²) < 4.78 is 38.3. The number of carbonyl (C=O) groups is 1. The predicted molar refractivity (Wildman–Crippen MR) is 64.3 cm³/mol. The number of amides is 1. The fourth-order valence-electron chi connectivity index (χ4n) is 1.12. The summed E-state index contributed by atoms with van der Waals surface area (Å²) in [6.45, 7) is 0. The van der Waals surface area contributed by atoms with Gasteiger partial charge in [-0.05, 0) is 24.3 Å². The van der Waals surface area contributed by atoms with Crippen molar-refractivity contribution in [3.63, 3.8) is 0 Å². The van der Waals surface area contributed by atoms with Crippen LogP contribution in [-0.2, 0) is 14.8 Å². The average Bonchev–Trinajstić information content (AvgIpc) is 2.35. The minimum absolute atomic E-state index is 0.146. The standard InChI is InChI=1S/C9H11FN2O4S2/c10-6-1-3-7(4-2-6)18(15,16)12-8(5-17)9(13)11-14/h1-4,8,12,14,17H,5H2,(H,11,13). The van der Waals surface area contributed by atoms with Gasteiger partial charge in [0, 0.05) is 5.75 Å². The zero-order chi connectivity index (χ0) is 13.8. The van der Waals surface area contributed by atoms with Gasteiger partial charge >= 0.3 is 0 Å². The number of benzene rings is 1. The number of rotatable bonds is 5. The number of nitrogens with one attached hydrogen (secondary N) is 2. The van der Waals surface area contributed by atoms with Crippen molar-refractivity contribution in [1.82, 2.24) is 10.2 Å². The molecule has 0 saturated heterocycles. The van der Waals surface area contributed by atoms with Crippen molar-refractivity contribution in [2.24, 2.45) is 0 Å². The molecular weight excluding hydrogens is 283 g/mol. The summed E-state index contributed by atoms with van der Waals surface area (Å²) in [5.74, 6) is -1.66.